The van der Waals surface area contributed by atoms with E-state index in [1.165, 1.54) is 6.21 Å². The number of nitrogens with one attached hydrogen (secondary N) is 2. The van der Waals surface area contributed by atoms with Crippen molar-refractivity contribution in [1.82, 2.24) is 5.43 Å². The van der Waals surface area contributed by atoms with Crippen molar-refractivity contribution in [3.63, 3.8) is 0 Å². The number of anilines is 1. The van der Waals surface area contributed by atoms with Gasteiger partial charge < -0.3 is 10.1 Å². The molecule has 1 aliphatic heterocycles. The van der Waals surface area contributed by atoms with Crippen LogP contribution >= 0.6 is 23.5 Å². The SMILES string of the molecule is COc1ccc(/C=N/NC(=O)C(=O)Nc2ccc(C)cc2)cc1CSC1=NCCS1. The number of hydrogen-bond donors (Lipinski definition) is 2. The highest BCUT2D eigenvalue weighted by Crippen LogP contribution is 2.29. The summed E-state index contributed by atoms with van der Waals surface area (Å²) in [6.07, 6.45) is 1.49. The van der Waals surface area contributed by atoms with Gasteiger partial charge in [-0.3, -0.25) is 14.6 Å². The van der Waals surface area contributed by atoms with Gasteiger partial charge in [0.05, 0.1) is 19.9 Å². The lowest BCUT2D eigenvalue weighted by atomic mass is 10.1. The molecule has 0 fully saturated rings. The Morgan fingerprint density at radius 2 is 2.03 bits per heavy atom. The van der Waals surface area contributed by atoms with Gasteiger partial charge in [-0.1, -0.05) is 41.2 Å². The van der Waals surface area contributed by atoms with E-state index in [9.17, 15) is 9.59 Å². The van der Waals surface area contributed by atoms with Gasteiger partial charge in [0.1, 0.15) is 10.1 Å². The Labute approximate surface area is 183 Å². The maximum atomic E-state index is 12.0. The van der Waals surface area contributed by atoms with E-state index in [2.05, 4.69) is 20.8 Å². The average Bonchev–Trinajstić information content (AvgIpc) is 3.27. The first kappa shape index (κ1) is 21.9. The van der Waals surface area contributed by atoms with Crippen LogP contribution in [0.15, 0.2) is 52.6 Å². The maximum absolute atomic E-state index is 12.0. The molecule has 2 aromatic carbocycles. The Hall–Kier alpha value is -2.78. The quantitative estimate of drug-likeness (QED) is 0.406. The summed E-state index contributed by atoms with van der Waals surface area (Å²) in [6.45, 7) is 2.81. The van der Waals surface area contributed by atoms with Crippen LogP contribution in [0.1, 0.15) is 16.7 Å². The number of hydrogen-bond acceptors (Lipinski definition) is 7. The number of carbonyl (C=O) groups excluding carboxylic acids is 2. The highest BCUT2D eigenvalue weighted by atomic mass is 32.2. The smallest absolute Gasteiger partial charge is 0.329 e. The van der Waals surface area contributed by atoms with Crippen molar-refractivity contribution >= 4 is 51.6 Å². The Kier molecular flexibility index (Phi) is 7.92. The van der Waals surface area contributed by atoms with Gasteiger partial charge >= 0.3 is 11.8 Å². The van der Waals surface area contributed by atoms with Crippen molar-refractivity contribution in [2.45, 2.75) is 12.7 Å². The number of aryl methyl sites for hydroxylation is 1. The molecule has 0 aromatic heterocycles. The molecule has 9 heteroatoms. The fraction of sp³-hybridized carbons (Fsp3) is 0.238. The first-order chi connectivity index (χ1) is 14.5. The number of methoxy groups -OCH3 is 1. The number of hydrazone groups is 1. The van der Waals surface area contributed by atoms with E-state index < -0.39 is 11.8 Å². The minimum absolute atomic E-state index is 0.548. The molecular formula is C21H22N4O3S2. The average molecular weight is 443 g/mol. The van der Waals surface area contributed by atoms with Crippen LogP contribution in [-0.2, 0) is 15.3 Å². The van der Waals surface area contributed by atoms with Gasteiger partial charge in [-0.2, -0.15) is 5.10 Å². The highest BCUT2D eigenvalue weighted by Gasteiger charge is 2.13. The van der Waals surface area contributed by atoms with Gasteiger partial charge in [-0.15, -0.1) is 0 Å². The molecule has 0 bridgehead atoms. The van der Waals surface area contributed by atoms with Crippen molar-refractivity contribution in [1.29, 1.82) is 0 Å². The Bertz CT molecular complexity index is 975. The fourth-order valence-corrected chi connectivity index (χ4v) is 4.56. The highest BCUT2D eigenvalue weighted by molar-refractivity contribution is 8.38. The number of benzene rings is 2. The lowest BCUT2D eigenvalue weighted by molar-refractivity contribution is -0.136. The van der Waals surface area contributed by atoms with Gasteiger partial charge in [0.15, 0.2) is 0 Å². The minimum atomic E-state index is -0.840. The molecule has 0 radical (unpaired) electrons. The van der Waals surface area contributed by atoms with E-state index in [-0.39, 0.29) is 0 Å². The third-order valence-electron chi connectivity index (χ3n) is 4.11. The summed E-state index contributed by atoms with van der Waals surface area (Å²) in [6, 6.07) is 12.8. The van der Waals surface area contributed by atoms with Gasteiger partial charge in [-0.25, -0.2) is 5.43 Å². The molecule has 0 spiro atoms. The fourth-order valence-electron chi connectivity index (χ4n) is 2.57. The molecule has 2 aromatic rings. The third kappa shape index (κ3) is 6.36. The first-order valence-corrected chi connectivity index (χ1v) is 11.2. The van der Waals surface area contributed by atoms with Crippen molar-refractivity contribution in [3.05, 3.63) is 59.2 Å². The van der Waals surface area contributed by atoms with Crippen LogP contribution in [0, 0.1) is 6.92 Å². The summed E-state index contributed by atoms with van der Waals surface area (Å²) in [7, 11) is 1.63. The molecule has 2 N–H and O–H groups in total. The molecule has 0 aliphatic carbocycles. The van der Waals surface area contributed by atoms with Crippen LogP contribution in [-0.4, -0.2) is 41.8 Å². The topological polar surface area (TPSA) is 92.1 Å². The maximum Gasteiger partial charge on any atom is 0.329 e. The number of carbonyl (C=O) groups is 2. The number of nitrogens with zero attached hydrogens (tertiary/aromatic N) is 2. The molecule has 2 amide bonds. The molecule has 156 valence electrons. The van der Waals surface area contributed by atoms with E-state index >= 15 is 0 Å². The lowest BCUT2D eigenvalue weighted by Gasteiger charge is -2.09. The van der Waals surface area contributed by atoms with E-state index in [0.29, 0.717) is 5.69 Å². The summed E-state index contributed by atoms with van der Waals surface area (Å²) in [5, 5.41) is 6.42. The second-order valence-electron chi connectivity index (χ2n) is 6.38. The predicted octanol–water partition coefficient (Wildman–Crippen LogP) is 3.43. The van der Waals surface area contributed by atoms with Crippen LogP contribution in [0.25, 0.3) is 0 Å². The summed E-state index contributed by atoms with van der Waals surface area (Å²) in [4.78, 5) is 28.3. The van der Waals surface area contributed by atoms with Gasteiger partial charge in [-0.05, 0) is 42.8 Å². The molecule has 0 atom stereocenters. The second-order valence-corrected chi connectivity index (χ2v) is 8.68. The van der Waals surface area contributed by atoms with Crippen LogP contribution in [0.3, 0.4) is 0 Å². The lowest BCUT2D eigenvalue weighted by Crippen LogP contribution is -2.32. The van der Waals surface area contributed by atoms with Gasteiger partial charge in [0.25, 0.3) is 0 Å². The third-order valence-corrected chi connectivity index (χ3v) is 6.41. The van der Waals surface area contributed by atoms with Crippen LogP contribution in [0.4, 0.5) is 5.69 Å². The monoisotopic (exact) mass is 442 g/mol. The predicted molar refractivity (Wildman–Crippen MR) is 125 cm³/mol. The molecule has 1 heterocycles. The number of amides is 2. The zero-order valence-corrected chi connectivity index (χ0v) is 18.3. The molecular weight excluding hydrogens is 420 g/mol. The van der Waals surface area contributed by atoms with Gasteiger partial charge in [0.2, 0.25) is 0 Å². The number of aliphatic imine (C=N–C) groups is 1. The Balaban J connectivity index is 1.56. The summed E-state index contributed by atoms with van der Waals surface area (Å²) >= 11 is 3.44. The summed E-state index contributed by atoms with van der Waals surface area (Å²) < 4.78 is 6.51. The Morgan fingerprint density at radius 1 is 1.23 bits per heavy atom. The van der Waals surface area contributed by atoms with Crippen molar-refractivity contribution in [2.75, 3.05) is 24.7 Å². The van der Waals surface area contributed by atoms with Crippen molar-refractivity contribution in [2.24, 2.45) is 10.1 Å². The normalized spacial score (nSPS) is 13.2. The molecule has 7 nitrogen and oxygen atoms in total. The second kappa shape index (κ2) is 10.8. The standard InChI is InChI=1S/C21H22N4O3S2/c1-14-3-6-17(7-4-14)24-19(26)20(27)25-23-12-15-5-8-18(28-2)16(11-15)13-30-21-22-9-10-29-21/h3-8,11-12H,9-10,13H2,1-2H3,(H,24,26)(H,25,27)/b23-12+. The van der Waals surface area contributed by atoms with E-state index in [1.54, 1.807) is 42.8 Å². The van der Waals surface area contributed by atoms with E-state index in [4.69, 9.17) is 4.74 Å². The van der Waals surface area contributed by atoms with E-state index in [1.807, 2.05) is 37.3 Å². The molecule has 0 saturated heterocycles. The molecule has 1 aliphatic rings. The number of ether oxygens (including phenoxy) is 1. The molecule has 0 saturated carbocycles. The zero-order valence-electron chi connectivity index (χ0n) is 16.7. The van der Waals surface area contributed by atoms with Crippen LogP contribution < -0.4 is 15.5 Å². The summed E-state index contributed by atoms with van der Waals surface area (Å²) in [5.41, 5.74) is 5.65. The number of rotatable bonds is 6. The molecule has 0 unspecified atom stereocenters. The number of thioether (sulfide) groups is 2. The Morgan fingerprint density at radius 3 is 2.73 bits per heavy atom. The van der Waals surface area contributed by atoms with E-state index in [0.717, 1.165) is 44.9 Å². The zero-order chi connectivity index (χ0) is 21.3. The van der Waals surface area contributed by atoms with Crippen LogP contribution in [0.5, 0.6) is 5.75 Å². The van der Waals surface area contributed by atoms with Crippen LogP contribution in [0.2, 0.25) is 0 Å². The largest absolute Gasteiger partial charge is 0.496 e. The van der Waals surface area contributed by atoms with Gasteiger partial charge in [0, 0.05) is 22.8 Å². The molecule has 3 rings (SSSR count). The molecule has 30 heavy (non-hydrogen) atoms. The van der Waals surface area contributed by atoms with Crippen molar-refractivity contribution in [3.8, 4) is 5.75 Å². The van der Waals surface area contributed by atoms with Crippen molar-refractivity contribution < 1.29 is 14.3 Å². The summed E-state index contributed by atoms with van der Waals surface area (Å²) in [5.74, 6) is 0.917. The first-order valence-electron chi connectivity index (χ1n) is 9.23. The minimum Gasteiger partial charge on any atom is -0.496 e.